The van der Waals surface area contributed by atoms with Gasteiger partial charge in [-0.1, -0.05) is 27.5 Å². The summed E-state index contributed by atoms with van der Waals surface area (Å²) >= 11 is 9.65. The number of rotatable bonds is 2. The fourth-order valence-electron chi connectivity index (χ4n) is 2.48. The monoisotopic (exact) mass is 396 g/mol. The molecule has 7 nitrogen and oxygen atoms in total. The molecule has 0 aliphatic rings. The Morgan fingerprint density at radius 1 is 1.35 bits per heavy atom. The molecule has 3 heterocycles. The van der Waals surface area contributed by atoms with Gasteiger partial charge < -0.3 is 5.73 Å². The van der Waals surface area contributed by atoms with Crippen LogP contribution in [0.5, 0.6) is 0 Å². The molecule has 0 spiro atoms. The molecule has 0 aliphatic heterocycles. The van der Waals surface area contributed by atoms with Crippen molar-refractivity contribution in [3.05, 3.63) is 43.1 Å². The minimum absolute atomic E-state index is 0.0246. The second-order valence-electron chi connectivity index (χ2n) is 5.30. The van der Waals surface area contributed by atoms with Crippen molar-refractivity contribution >= 4 is 44.6 Å². The Morgan fingerprint density at radius 3 is 2.74 bits per heavy atom. The number of hydrogen-bond donors (Lipinski definition) is 1. The Labute approximate surface area is 145 Å². The summed E-state index contributed by atoms with van der Waals surface area (Å²) in [5.41, 5.74) is 9.04. The molecule has 3 aromatic heterocycles. The van der Waals surface area contributed by atoms with Gasteiger partial charge in [-0.25, -0.2) is 4.79 Å². The van der Waals surface area contributed by atoms with Crippen LogP contribution in [0.1, 0.15) is 16.8 Å². The highest BCUT2D eigenvalue weighted by molar-refractivity contribution is 9.10. The van der Waals surface area contributed by atoms with Gasteiger partial charge >= 0.3 is 5.69 Å². The number of nitrogens with two attached hydrogens (primary N) is 1. The van der Waals surface area contributed by atoms with Crippen molar-refractivity contribution < 1.29 is 0 Å². The van der Waals surface area contributed by atoms with Gasteiger partial charge in [-0.2, -0.15) is 9.97 Å². The molecule has 0 bridgehead atoms. The Bertz CT molecular complexity index is 993. The van der Waals surface area contributed by atoms with E-state index in [0.717, 1.165) is 21.3 Å². The van der Waals surface area contributed by atoms with E-state index < -0.39 is 0 Å². The van der Waals surface area contributed by atoms with E-state index in [9.17, 15) is 4.79 Å². The maximum atomic E-state index is 12.5. The van der Waals surface area contributed by atoms with E-state index in [4.69, 9.17) is 17.3 Å². The number of imidazole rings is 1. The first-order valence-electron chi connectivity index (χ1n) is 6.80. The number of fused-ring (bicyclic) bond motifs is 1. The van der Waals surface area contributed by atoms with Crippen molar-refractivity contribution in [2.45, 2.75) is 20.4 Å². The minimum atomic E-state index is -0.250. The molecule has 3 aromatic rings. The van der Waals surface area contributed by atoms with Gasteiger partial charge in [-0.15, -0.1) is 0 Å². The molecule has 23 heavy (non-hydrogen) atoms. The lowest BCUT2D eigenvalue weighted by Crippen LogP contribution is -2.23. The average molecular weight is 398 g/mol. The summed E-state index contributed by atoms with van der Waals surface area (Å²) in [6.07, 6.45) is 1.76. The van der Waals surface area contributed by atoms with E-state index in [1.54, 1.807) is 13.2 Å². The lowest BCUT2D eigenvalue weighted by Gasteiger charge is -2.09. The zero-order chi connectivity index (χ0) is 16.9. The molecule has 0 saturated heterocycles. The van der Waals surface area contributed by atoms with E-state index >= 15 is 0 Å². The Morgan fingerprint density at radius 2 is 2.04 bits per heavy atom. The first kappa shape index (κ1) is 15.9. The molecular formula is C14H14BrClN6O. The second kappa shape index (κ2) is 5.61. The second-order valence-corrected chi connectivity index (χ2v) is 6.45. The van der Waals surface area contributed by atoms with E-state index in [-0.39, 0.29) is 23.3 Å². The van der Waals surface area contributed by atoms with Crippen LogP contribution < -0.4 is 11.4 Å². The third-order valence-electron chi connectivity index (χ3n) is 3.78. The average Bonchev–Trinajstić information content (AvgIpc) is 2.72. The summed E-state index contributed by atoms with van der Waals surface area (Å²) in [4.78, 5) is 25.0. The number of nitrogen functional groups attached to an aromatic ring is 1. The maximum Gasteiger partial charge on any atom is 0.330 e. The molecule has 0 fully saturated rings. The summed E-state index contributed by atoms with van der Waals surface area (Å²) in [6, 6.07) is 0. The van der Waals surface area contributed by atoms with Crippen LogP contribution in [0.2, 0.25) is 5.15 Å². The van der Waals surface area contributed by atoms with Gasteiger partial charge in [0.25, 0.3) is 0 Å². The van der Waals surface area contributed by atoms with Crippen LogP contribution in [0.15, 0.2) is 15.5 Å². The lowest BCUT2D eigenvalue weighted by atomic mass is 10.1. The Hall–Kier alpha value is -1.93. The fraction of sp³-hybridized carbons (Fsp3) is 0.286. The Kier molecular flexibility index (Phi) is 3.89. The van der Waals surface area contributed by atoms with Crippen molar-refractivity contribution in [3.63, 3.8) is 0 Å². The molecule has 0 radical (unpaired) electrons. The van der Waals surface area contributed by atoms with Gasteiger partial charge in [-0.3, -0.25) is 14.1 Å². The third-order valence-corrected chi connectivity index (χ3v) is 5.26. The largest absolute Gasteiger partial charge is 0.368 e. The van der Waals surface area contributed by atoms with Gasteiger partial charge in [0.05, 0.1) is 12.2 Å². The highest BCUT2D eigenvalue weighted by atomic mass is 79.9. The molecule has 0 unspecified atom stereocenters. The summed E-state index contributed by atoms with van der Waals surface area (Å²) in [5, 5.41) is 0.153. The maximum absolute atomic E-state index is 12.5. The highest BCUT2D eigenvalue weighted by Gasteiger charge is 2.18. The van der Waals surface area contributed by atoms with Crippen LogP contribution in [-0.4, -0.2) is 24.1 Å². The molecule has 0 aromatic carbocycles. The van der Waals surface area contributed by atoms with Crippen LogP contribution in [0.3, 0.4) is 0 Å². The zero-order valence-corrected chi connectivity index (χ0v) is 15.1. The lowest BCUT2D eigenvalue weighted by molar-refractivity contribution is 0.713. The third kappa shape index (κ3) is 2.51. The number of nitrogens with zero attached hydrogens (tertiary/aromatic N) is 5. The van der Waals surface area contributed by atoms with Gasteiger partial charge in [0.2, 0.25) is 5.95 Å². The van der Waals surface area contributed by atoms with Crippen LogP contribution in [0.25, 0.3) is 11.2 Å². The minimum Gasteiger partial charge on any atom is -0.368 e. The molecule has 9 heteroatoms. The summed E-state index contributed by atoms with van der Waals surface area (Å²) in [7, 11) is 1.62. The SMILES string of the molecule is Cc1cnc(Cn2c(=O)n(C)c3c(Cl)nc(N)nc32)c(C)c1Br. The zero-order valence-electron chi connectivity index (χ0n) is 12.8. The number of halogens is 2. The van der Waals surface area contributed by atoms with Crippen molar-refractivity contribution in [2.75, 3.05) is 5.73 Å². The molecule has 0 saturated carbocycles. The first-order valence-corrected chi connectivity index (χ1v) is 7.97. The normalized spacial score (nSPS) is 11.3. The number of pyridine rings is 1. The van der Waals surface area contributed by atoms with Crippen molar-refractivity contribution in [3.8, 4) is 0 Å². The number of aryl methyl sites for hydroxylation is 2. The van der Waals surface area contributed by atoms with Crippen molar-refractivity contribution in [1.82, 2.24) is 24.1 Å². The van der Waals surface area contributed by atoms with Gasteiger partial charge in [0, 0.05) is 17.7 Å². The van der Waals surface area contributed by atoms with Crippen molar-refractivity contribution in [2.24, 2.45) is 7.05 Å². The standard InChI is InChI=1S/C14H14BrClN6O/c1-6-4-18-8(7(2)9(6)15)5-22-12-10(21(3)14(22)23)11(16)19-13(17)20-12/h4H,5H2,1-3H3,(H2,17,19,20). The van der Waals surface area contributed by atoms with Crippen LogP contribution in [-0.2, 0) is 13.6 Å². The predicted octanol–water partition coefficient (Wildman–Crippen LogP) is 2.19. The van der Waals surface area contributed by atoms with E-state index in [1.165, 1.54) is 9.13 Å². The topological polar surface area (TPSA) is 91.6 Å². The molecule has 0 aliphatic carbocycles. The number of hydrogen-bond acceptors (Lipinski definition) is 5. The van der Waals surface area contributed by atoms with Crippen LogP contribution in [0, 0.1) is 13.8 Å². The molecular weight excluding hydrogens is 384 g/mol. The van der Waals surface area contributed by atoms with Gasteiger partial charge in [0.1, 0.15) is 5.52 Å². The molecule has 0 amide bonds. The van der Waals surface area contributed by atoms with Crippen LogP contribution in [0.4, 0.5) is 5.95 Å². The summed E-state index contributed by atoms with van der Waals surface area (Å²) in [6.45, 7) is 4.19. The molecule has 3 rings (SSSR count). The van der Waals surface area contributed by atoms with Crippen LogP contribution >= 0.6 is 27.5 Å². The first-order chi connectivity index (χ1) is 10.8. The molecule has 2 N–H and O–H groups in total. The number of anilines is 1. The molecule has 0 atom stereocenters. The number of aromatic nitrogens is 5. The summed E-state index contributed by atoms with van der Waals surface area (Å²) in [5.74, 6) is 0.0246. The quantitative estimate of drug-likeness (QED) is 0.669. The molecule has 120 valence electrons. The Balaban J connectivity index is 2.24. The van der Waals surface area contributed by atoms with E-state index in [1.807, 2.05) is 13.8 Å². The van der Waals surface area contributed by atoms with Crippen molar-refractivity contribution in [1.29, 1.82) is 0 Å². The smallest absolute Gasteiger partial charge is 0.330 e. The fourth-order valence-corrected chi connectivity index (χ4v) is 3.11. The predicted molar refractivity (Wildman–Crippen MR) is 92.7 cm³/mol. The van der Waals surface area contributed by atoms with Gasteiger partial charge in [-0.05, 0) is 25.0 Å². The highest BCUT2D eigenvalue weighted by Crippen LogP contribution is 2.24. The van der Waals surface area contributed by atoms with E-state index in [2.05, 4.69) is 30.9 Å². The van der Waals surface area contributed by atoms with Gasteiger partial charge in [0.15, 0.2) is 10.8 Å². The summed E-state index contributed by atoms with van der Waals surface area (Å²) < 4.78 is 3.88. The van der Waals surface area contributed by atoms with E-state index in [0.29, 0.717) is 11.2 Å².